The molecule has 6 heteroatoms. The molecule has 0 saturated carbocycles. The summed E-state index contributed by atoms with van der Waals surface area (Å²) in [6, 6.07) is 5.81. The molecule has 1 aromatic carbocycles. The predicted molar refractivity (Wildman–Crippen MR) is 84.0 cm³/mol. The first-order valence-corrected chi connectivity index (χ1v) is 7.57. The summed E-state index contributed by atoms with van der Waals surface area (Å²) >= 11 is 9.74. The Morgan fingerprint density at radius 3 is 2.80 bits per heavy atom. The first-order valence-electron chi connectivity index (χ1n) is 6.39. The maximum absolute atomic E-state index is 6.25. The maximum atomic E-state index is 6.25. The van der Waals surface area contributed by atoms with Gasteiger partial charge >= 0.3 is 0 Å². The monoisotopic (exact) mass is 357 g/mol. The molecule has 1 heterocycles. The van der Waals surface area contributed by atoms with Crippen molar-refractivity contribution < 1.29 is 4.74 Å². The Labute approximate surface area is 132 Å². The molecule has 2 aromatic rings. The van der Waals surface area contributed by atoms with Gasteiger partial charge in [0.2, 0.25) is 0 Å². The van der Waals surface area contributed by atoms with Gasteiger partial charge < -0.3 is 10.5 Å². The molecule has 108 valence electrons. The Morgan fingerprint density at radius 2 is 2.20 bits per heavy atom. The zero-order chi connectivity index (χ0) is 14.7. The van der Waals surface area contributed by atoms with E-state index in [4.69, 9.17) is 22.1 Å². The molecular formula is C14H17BrClN3O. The number of aryl methyl sites for hydroxylation is 2. The fourth-order valence-corrected chi connectivity index (χ4v) is 2.67. The molecule has 0 spiro atoms. The summed E-state index contributed by atoms with van der Waals surface area (Å²) < 4.78 is 8.57. The third-order valence-electron chi connectivity index (χ3n) is 3.05. The smallest absolute Gasteiger partial charge is 0.134 e. The Morgan fingerprint density at radius 1 is 1.45 bits per heavy atom. The van der Waals surface area contributed by atoms with Crippen molar-refractivity contribution >= 4 is 27.5 Å². The van der Waals surface area contributed by atoms with Crippen molar-refractivity contribution in [2.24, 2.45) is 5.73 Å². The van der Waals surface area contributed by atoms with Crippen molar-refractivity contribution in [1.29, 1.82) is 0 Å². The lowest BCUT2D eigenvalue weighted by atomic mass is 10.2. The average Bonchev–Trinajstić information content (AvgIpc) is 2.73. The third-order valence-corrected chi connectivity index (χ3v) is 4.16. The van der Waals surface area contributed by atoms with Crippen LogP contribution in [-0.4, -0.2) is 9.78 Å². The summed E-state index contributed by atoms with van der Waals surface area (Å²) in [4.78, 5) is 0. The predicted octanol–water partition coefficient (Wildman–Crippen LogP) is 3.67. The molecule has 0 unspecified atom stereocenters. The minimum atomic E-state index is 0.383. The fourth-order valence-electron chi connectivity index (χ4n) is 1.94. The standard InChI is InChI=1S/C14H17BrClN3O/c1-3-19-12(14(16)9(2)18-19)8-20-13-5-4-10(7-17)6-11(13)15/h4-6H,3,7-8,17H2,1-2H3. The van der Waals surface area contributed by atoms with E-state index in [0.29, 0.717) is 18.2 Å². The summed E-state index contributed by atoms with van der Waals surface area (Å²) in [5.41, 5.74) is 8.37. The molecule has 0 aliphatic heterocycles. The summed E-state index contributed by atoms with van der Waals surface area (Å²) in [6.07, 6.45) is 0. The van der Waals surface area contributed by atoms with Gasteiger partial charge in [-0.25, -0.2) is 0 Å². The number of hydrogen-bond donors (Lipinski definition) is 1. The van der Waals surface area contributed by atoms with Gasteiger partial charge in [-0.2, -0.15) is 5.10 Å². The van der Waals surface area contributed by atoms with Gasteiger partial charge in [0.05, 0.1) is 20.9 Å². The average molecular weight is 359 g/mol. The van der Waals surface area contributed by atoms with Crippen molar-refractivity contribution in [3.63, 3.8) is 0 Å². The van der Waals surface area contributed by atoms with Crippen LogP contribution in [0.4, 0.5) is 0 Å². The number of nitrogens with two attached hydrogens (primary N) is 1. The molecule has 0 aliphatic carbocycles. The van der Waals surface area contributed by atoms with Crippen LogP contribution in [0.5, 0.6) is 5.75 Å². The molecule has 2 rings (SSSR count). The highest BCUT2D eigenvalue weighted by molar-refractivity contribution is 9.10. The lowest BCUT2D eigenvalue weighted by molar-refractivity contribution is 0.290. The number of aromatic nitrogens is 2. The SMILES string of the molecule is CCn1nc(C)c(Cl)c1COc1ccc(CN)cc1Br. The van der Waals surface area contributed by atoms with E-state index in [1.54, 1.807) is 0 Å². The van der Waals surface area contributed by atoms with E-state index in [1.165, 1.54) is 0 Å². The van der Waals surface area contributed by atoms with Gasteiger partial charge in [0, 0.05) is 13.1 Å². The van der Waals surface area contributed by atoms with E-state index < -0.39 is 0 Å². The van der Waals surface area contributed by atoms with Crippen molar-refractivity contribution in [3.8, 4) is 5.75 Å². The molecule has 0 saturated heterocycles. The quantitative estimate of drug-likeness (QED) is 0.887. The van der Waals surface area contributed by atoms with Crippen molar-refractivity contribution in [2.45, 2.75) is 33.5 Å². The van der Waals surface area contributed by atoms with Gasteiger partial charge in [0.15, 0.2) is 0 Å². The van der Waals surface area contributed by atoms with E-state index >= 15 is 0 Å². The van der Waals surface area contributed by atoms with E-state index in [9.17, 15) is 0 Å². The number of hydrogen-bond acceptors (Lipinski definition) is 3. The van der Waals surface area contributed by atoms with E-state index in [1.807, 2.05) is 36.7 Å². The van der Waals surface area contributed by atoms with E-state index in [2.05, 4.69) is 21.0 Å². The maximum Gasteiger partial charge on any atom is 0.134 e. The van der Waals surface area contributed by atoms with Crippen LogP contribution in [0, 0.1) is 6.92 Å². The van der Waals surface area contributed by atoms with E-state index in [0.717, 1.165) is 33.7 Å². The van der Waals surface area contributed by atoms with Gasteiger partial charge in [0.1, 0.15) is 12.4 Å². The van der Waals surface area contributed by atoms with Crippen molar-refractivity contribution in [3.05, 3.63) is 44.6 Å². The lowest BCUT2D eigenvalue weighted by Crippen LogP contribution is -2.07. The molecule has 0 atom stereocenters. The fraction of sp³-hybridized carbons (Fsp3) is 0.357. The van der Waals surface area contributed by atoms with Crippen LogP contribution in [0.25, 0.3) is 0 Å². The van der Waals surface area contributed by atoms with Crippen LogP contribution in [0.2, 0.25) is 5.02 Å². The highest BCUT2D eigenvalue weighted by atomic mass is 79.9. The first-order chi connectivity index (χ1) is 9.56. The lowest BCUT2D eigenvalue weighted by Gasteiger charge is -2.10. The molecule has 1 aromatic heterocycles. The number of benzene rings is 1. The summed E-state index contributed by atoms with van der Waals surface area (Å²) in [7, 11) is 0. The molecule has 0 amide bonds. The normalized spacial score (nSPS) is 10.8. The van der Waals surface area contributed by atoms with Crippen LogP contribution < -0.4 is 10.5 Å². The molecule has 20 heavy (non-hydrogen) atoms. The molecule has 2 N–H and O–H groups in total. The molecule has 0 radical (unpaired) electrons. The second-order valence-electron chi connectivity index (χ2n) is 4.42. The zero-order valence-corrected chi connectivity index (χ0v) is 13.8. The topological polar surface area (TPSA) is 53.1 Å². The molecule has 0 aliphatic rings. The van der Waals surface area contributed by atoms with Gasteiger partial charge in [-0.3, -0.25) is 4.68 Å². The number of rotatable bonds is 5. The molecule has 4 nitrogen and oxygen atoms in total. The Hall–Kier alpha value is -1.04. The highest BCUT2D eigenvalue weighted by Gasteiger charge is 2.13. The van der Waals surface area contributed by atoms with Gasteiger partial charge in [-0.15, -0.1) is 0 Å². The molecule has 0 fully saturated rings. The van der Waals surface area contributed by atoms with Crippen molar-refractivity contribution in [2.75, 3.05) is 0 Å². The van der Waals surface area contributed by atoms with Crippen LogP contribution in [0.3, 0.4) is 0 Å². The third kappa shape index (κ3) is 3.16. The summed E-state index contributed by atoms with van der Waals surface area (Å²) in [6.45, 7) is 5.57. The van der Waals surface area contributed by atoms with Crippen LogP contribution >= 0.6 is 27.5 Å². The molecular weight excluding hydrogens is 342 g/mol. The second-order valence-corrected chi connectivity index (χ2v) is 5.65. The zero-order valence-electron chi connectivity index (χ0n) is 11.5. The minimum Gasteiger partial charge on any atom is -0.486 e. The minimum absolute atomic E-state index is 0.383. The Kier molecular flexibility index (Phi) is 5.07. The largest absolute Gasteiger partial charge is 0.486 e. The molecule has 0 bridgehead atoms. The van der Waals surface area contributed by atoms with Crippen LogP contribution in [0.15, 0.2) is 22.7 Å². The number of halogens is 2. The Bertz CT molecular complexity index is 613. The number of ether oxygens (including phenoxy) is 1. The summed E-state index contributed by atoms with van der Waals surface area (Å²) in [5.74, 6) is 0.764. The Balaban J connectivity index is 2.17. The first kappa shape index (κ1) is 15.4. The van der Waals surface area contributed by atoms with Crippen LogP contribution in [0.1, 0.15) is 23.9 Å². The van der Waals surface area contributed by atoms with Gasteiger partial charge in [-0.1, -0.05) is 17.7 Å². The van der Waals surface area contributed by atoms with Gasteiger partial charge in [0.25, 0.3) is 0 Å². The highest BCUT2D eigenvalue weighted by Crippen LogP contribution is 2.28. The van der Waals surface area contributed by atoms with Crippen LogP contribution in [-0.2, 0) is 19.7 Å². The second kappa shape index (κ2) is 6.61. The number of nitrogens with zero attached hydrogens (tertiary/aromatic N) is 2. The van der Waals surface area contributed by atoms with E-state index in [-0.39, 0.29) is 0 Å². The van der Waals surface area contributed by atoms with Crippen molar-refractivity contribution in [1.82, 2.24) is 9.78 Å². The summed E-state index contributed by atoms with van der Waals surface area (Å²) in [5, 5.41) is 5.04. The van der Waals surface area contributed by atoms with Gasteiger partial charge in [-0.05, 0) is 47.5 Å².